The highest BCUT2D eigenvalue weighted by atomic mass is 19.3. The van der Waals surface area contributed by atoms with Crippen molar-refractivity contribution < 1.29 is 18.3 Å². The SMILES string of the molecule is CC(C)(C)OC(=O)N1CCC[C@@H](c2cc(C(F)F)n3ncnc3n2)C1. The molecule has 2 aromatic rings. The van der Waals surface area contributed by atoms with E-state index in [4.69, 9.17) is 4.74 Å². The molecule has 0 aliphatic carbocycles. The number of carbonyl (C=O) groups is 1. The predicted molar refractivity (Wildman–Crippen MR) is 85.5 cm³/mol. The van der Waals surface area contributed by atoms with Crippen LogP contribution >= 0.6 is 0 Å². The maximum absolute atomic E-state index is 13.3. The number of likely N-dealkylation sites (tertiary alicyclic amines) is 1. The lowest BCUT2D eigenvalue weighted by Crippen LogP contribution is -2.42. The molecule has 0 spiro atoms. The monoisotopic (exact) mass is 353 g/mol. The summed E-state index contributed by atoms with van der Waals surface area (Å²) < 4.78 is 33.1. The second-order valence-electron chi connectivity index (χ2n) is 7.14. The minimum atomic E-state index is -2.68. The summed E-state index contributed by atoms with van der Waals surface area (Å²) in [5, 5.41) is 3.79. The van der Waals surface area contributed by atoms with Gasteiger partial charge in [0.05, 0.1) is 5.69 Å². The van der Waals surface area contributed by atoms with E-state index in [1.807, 2.05) is 20.8 Å². The topological polar surface area (TPSA) is 72.6 Å². The van der Waals surface area contributed by atoms with Crippen LogP contribution in [0.4, 0.5) is 13.6 Å². The lowest BCUT2D eigenvalue weighted by molar-refractivity contribution is 0.0197. The normalized spacial score (nSPS) is 18.8. The average molecular weight is 353 g/mol. The standard InChI is InChI=1S/C16H21F2N5O2/c1-16(2,3)25-15(24)22-6-4-5-10(8-22)11-7-12(13(17)18)23-14(21-11)19-9-20-23/h7,9-10,13H,4-6,8H2,1-3H3/t10-/m1/s1. The third-order valence-electron chi connectivity index (χ3n) is 4.01. The Morgan fingerprint density at radius 1 is 1.40 bits per heavy atom. The molecule has 3 rings (SSSR count). The minimum absolute atomic E-state index is 0.138. The van der Waals surface area contributed by atoms with Crippen LogP contribution < -0.4 is 0 Å². The first-order valence-corrected chi connectivity index (χ1v) is 8.21. The van der Waals surface area contributed by atoms with Crippen molar-refractivity contribution in [2.45, 2.75) is 51.6 Å². The van der Waals surface area contributed by atoms with Crippen LogP contribution in [0.5, 0.6) is 0 Å². The van der Waals surface area contributed by atoms with Gasteiger partial charge in [-0.3, -0.25) is 0 Å². The number of nitrogens with zero attached hydrogens (tertiary/aromatic N) is 5. The summed E-state index contributed by atoms with van der Waals surface area (Å²) in [5.41, 5.74) is -0.318. The number of fused-ring (bicyclic) bond motifs is 1. The summed E-state index contributed by atoms with van der Waals surface area (Å²) in [4.78, 5) is 22.2. The lowest BCUT2D eigenvalue weighted by Gasteiger charge is -2.34. The number of carbonyl (C=O) groups excluding carboxylic acids is 1. The van der Waals surface area contributed by atoms with Gasteiger partial charge in [-0.1, -0.05) is 0 Å². The Morgan fingerprint density at radius 3 is 2.84 bits per heavy atom. The van der Waals surface area contributed by atoms with Crippen molar-refractivity contribution in [2.24, 2.45) is 0 Å². The van der Waals surface area contributed by atoms with Crippen molar-refractivity contribution in [1.82, 2.24) is 24.5 Å². The number of hydrogen-bond acceptors (Lipinski definition) is 5. The van der Waals surface area contributed by atoms with Crippen LogP contribution in [-0.2, 0) is 4.74 Å². The van der Waals surface area contributed by atoms with Crippen molar-refractivity contribution >= 4 is 11.9 Å². The molecule has 25 heavy (non-hydrogen) atoms. The molecule has 7 nitrogen and oxygen atoms in total. The zero-order valence-corrected chi connectivity index (χ0v) is 14.4. The molecule has 1 aliphatic heterocycles. The number of rotatable bonds is 2. The zero-order chi connectivity index (χ0) is 18.2. The summed E-state index contributed by atoms with van der Waals surface area (Å²) in [6.45, 7) is 6.39. The first kappa shape index (κ1) is 17.5. The van der Waals surface area contributed by atoms with Gasteiger partial charge in [0.2, 0.25) is 0 Å². The Balaban J connectivity index is 1.84. The molecule has 136 valence electrons. The van der Waals surface area contributed by atoms with Gasteiger partial charge in [-0.05, 0) is 39.7 Å². The van der Waals surface area contributed by atoms with Crippen molar-refractivity contribution in [1.29, 1.82) is 0 Å². The van der Waals surface area contributed by atoms with E-state index < -0.39 is 18.1 Å². The second-order valence-corrected chi connectivity index (χ2v) is 7.14. The predicted octanol–water partition coefficient (Wildman–Crippen LogP) is 3.18. The largest absolute Gasteiger partial charge is 0.444 e. The first-order chi connectivity index (χ1) is 11.7. The molecule has 1 fully saturated rings. The summed E-state index contributed by atoms with van der Waals surface area (Å²) in [6.07, 6.45) is -0.357. The fraction of sp³-hybridized carbons (Fsp3) is 0.625. The van der Waals surface area contributed by atoms with E-state index >= 15 is 0 Å². The van der Waals surface area contributed by atoms with Crippen LogP contribution in [0.25, 0.3) is 5.78 Å². The lowest BCUT2D eigenvalue weighted by atomic mass is 9.94. The van der Waals surface area contributed by atoms with E-state index in [0.29, 0.717) is 18.8 Å². The Morgan fingerprint density at radius 2 is 2.16 bits per heavy atom. The van der Waals surface area contributed by atoms with Gasteiger partial charge in [0.15, 0.2) is 0 Å². The number of aromatic nitrogens is 4. The van der Waals surface area contributed by atoms with E-state index in [2.05, 4.69) is 15.1 Å². The van der Waals surface area contributed by atoms with Crippen molar-refractivity contribution in [3.63, 3.8) is 0 Å². The first-order valence-electron chi connectivity index (χ1n) is 8.21. The highest BCUT2D eigenvalue weighted by Gasteiger charge is 2.30. The number of piperidine rings is 1. The maximum Gasteiger partial charge on any atom is 0.410 e. The van der Waals surface area contributed by atoms with E-state index in [0.717, 1.165) is 17.4 Å². The Labute approximate surface area is 144 Å². The van der Waals surface area contributed by atoms with Crippen LogP contribution in [-0.4, -0.2) is 49.3 Å². The third kappa shape index (κ3) is 3.85. The van der Waals surface area contributed by atoms with Gasteiger partial charge in [0.25, 0.3) is 12.2 Å². The number of ether oxygens (including phenoxy) is 1. The minimum Gasteiger partial charge on any atom is -0.444 e. The third-order valence-corrected chi connectivity index (χ3v) is 4.01. The smallest absolute Gasteiger partial charge is 0.410 e. The van der Waals surface area contributed by atoms with Gasteiger partial charge in [0.1, 0.15) is 17.6 Å². The van der Waals surface area contributed by atoms with Gasteiger partial charge in [0, 0.05) is 19.0 Å². The number of alkyl halides is 2. The molecule has 0 aromatic carbocycles. The van der Waals surface area contributed by atoms with Crippen LogP contribution in [0, 0.1) is 0 Å². The summed E-state index contributed by atoms with van der Waals surface area (Å²) in [5.74, 6) is 0.00246. The second kappa shape index (κ2) is 6.53. The fourth-order valence-electron chi connectivity index (χ4n) is 2.93. The average Bonchev–Trinajstić information content (AvgIpc) is 3.00. The van der Waals surface area contributed by atoms with Crippen molar-refractivity contribution in [2.75, 3.05) is 13.1 Å². The van der Waals surface area contributed by atoms with Gasteiger partial charge >= 0.3 is 6.09 Å². The molecule has 0 radical (unpaired) electrons. The molecule has 9 heteroatoms. The van der Waals surface area contributed by atoms with E-state index in [1.165, 1.54) is 12.4 Å². The van der Waals surface area contributed by atoms with Crippen LogP contribution in [0.1, 0.15) is 57.3 Å². The summed E-state index contributed by atoms with van der Waals surface area (Å²) >= 11 is 0. The quantitative estimate of drug-likeness (QED) is 0.829. The van der Waals surface area contributed by atoms with Crippen molar-refractivity contribution in [3.8, 4) is 0 Å². The molecule has 0 N–H and O–H groups in total. The Kier molecular flexibility index (Phi) is 4.57. The van der Waals surface area contributed by atoms with E-state index in [-0.39, 0.29) is 17.4 Å². The fourth-order valence-corrected chi connectivity index (χ4v) is 2.93. The molecule has 1 saturated heterocycles. The van der Waals surface area contributed by atoms with Crippen LogP contribution in [0.3, 0.4) is 0 Å². The van der Waals surface area contributed by atoms with Crippen LogP contribution in [0.2, 0.25) is 0 Å². The maximum atomic E-state index is 13.3. The van der Waals surface area contributed by atoms with Gasteiger partial charge in [-0.25, -0.2) is 18.6 Å². The molecule has 0 unspecified atom stereocenters. The molecule has 0 bridgehead atoms. The highest BCUT2D eigenvalue weighted by Crippen LogP contribution is 2.29. The van der Waals surface area contributed by atoms with Gasteiger partial charge in [-0.15, -0.1) is 0 Å². The molecule has 1 atom stereocenters. The molecule has 0 saturated carbocycles. The van der Waals surface area contributed by atoms with Gasteiger partial charge in [-0.2, -0.15) is 14.6 Å². The highest BCUT2D eigenvalue weighted by molar-refractivity contribution is 5.68. The molecular formula is C16H21F2N5O2. The number of hydrogen-bond donors (Lipinski definition) is 0. The molecule has 1 aliphatic rings. The van der Waals surface area contributed by atoms with Crippen molar-refractivity contribution in [3.05, 3.63) is 23.8 Å². The molecular weight excluding hydrogens is 332 g/mol. The Bertz CT molecular complexity index is 771. The molecule has 1 amide bonds. The van der Waals surface area contributed by atoms with E-state index in [9.17, 15) is 13.6 Å². The summed E-state index contributed by atoms with van der Waals surface area (Å²) in [7, 11) is 0. The molecule has 3 heterocycles. The number of halogens is 2. The summed E-state index contributed by atoms with van der Waals surface area (Å²) in [6, 6.07) is 1.36. The number of amides is 1. The Hall–Kier alpha value is -2.32. The van der Waals surface area contributed by atoms with Gasteiger partial charge < -0.3 is 9.64 Å². The zero-order valence-electron chi connectivity index (χ0n) is 14.4. The van der Waals surface area contributed by atoms with E-state index in [1.54, 1.807) is 4.90 Å². The van der Waals surface area contributed by atoms with Crippen LogP contribution in [0.15, 0.2) is 12.4 Å². The molecule has 2 aromatic heterocycles.